The van der Waals surface area contributed by atoms with Crippen LogP contribution in [0, 0.1) is 12.8 Å². The highest BCUT2D eigenvalue weighted by molar-refractivity contribution is 7.99. The van der Waals surface area contributed by atoms with Gasteiger partial charge in [0.25, 0.3) is 5.56 Å². The summed E-state index contributed by atoms with van der Waals surface area (Å²) in [5, 5.41) is 3.08. The van der Waals surface area contributed by atoms with E-state index in [4.69, 9.17) is 0 Å². The van der Waals surface area contributed by atoms with E-state index in [0.29, 0.717) is 10.9 Å². The lowest BCUT2D eigenvalue weighted by Gasteiger charge is -2.19. The Bertz CT molecular complexity index is 554. The van der Waals surface area contributed by atoms with Crippen molar-refractivity contribution in [2.75, 3.05) is 5.75 Å². The minimum absolute atomic E-state index is 0.0401. The van der Waals surface area contributed by atoms with Crippen molar-refractivity contribution >= 4 is 23.5 Å². The molecule has 0 saturated carbocycles. The summed E-state index contributed by atoms with van der Waals surface area (Å²) < 4.78 is 0. The van der Waals surface area contributed by atoms with Gasteiger partial charge in [-0.25, -0.2) is 4.98 Å². The summed E-state index contributed by atoms with van der Waals surface area (Å²) in [6.07, 6.45) is 0. The number of carbonyl (C=O) groups is 2. The number of Topliss-reactive ketones (excluding diaryl/α,β-unsaturated/α-hetero) is 1. The van der Waals surface area contributed by atoms with E-state index in [1.54, 1.807) is 6.92 Å². The third-order valence-corrected chi connectivity index (χ3v) is 3.48. The van der Waals surface area contributed by atoms with Gasteiger partial charge in [-0.1, -0.05) is 25.6 Å². The average Bonchev–Trinajstić information content (AvgIpc) is 2.31. The first kappa shape index (κ1) is 16.4. The molecule has 0 fully saturated rings. The zero-order valence-corrected chi connectivity index (χ0v) is 12.8. The molecule has 7 heteroatoms. The molecule has 1 rings (SSSR count). The van der Waals surface area contributed by atoms with Gasteiger partial charge in [0, 0.05) is 11.8 Å². The molecule has 1 heterocycles. The Morgan fingerprint density at radius 2 is 2.10 bits per heavy atom. The first-order valence-corrected chi connectivity index (χ1v) is 7.28. The van der Waals surface area contributed by atoms with Crippen LogP contribution >= 0.6 is 11.8 Å². The van der Waals surface area contributed by atoms with Crippen LogP contribution in [0.1, 0.15) is 26.5 Å². The van der Waals surface area contributed by atoms with E-state index < -0.39 is 6.04 Å². The molecule has 0 aliphatic carbocycles. The maximum Gasteiger partial charge on any atom is 0.251 e. The molecule has 0 bridgehead atoms. The van der Waals surface area contributed by atoms with Gasteiger partial charge in [0.15, 0.2) is 10.9 Å². The lowest BCUT2D eigenvalue weighted by Crippen LogP contribution is -2.44. The van der Waals surface area contributed by atoms with Gasteiger partial charge in [-0.15, -0.1) is 0 Å². The zero-order chi connectivity index (χ0) is 15.3. The summed E-state index contributed by atoms with van der Waals surface area (Å²) in [5.41, 5.74) is 0.352. The van der Waals surface area contributed by atoms with Gasteiger partial charge >= 0.3 is 0 Å². The van der Waals surface area contributed by atoms with Crippen LogP contribution in [0.25, 0.3) is 0 Å². The average molecular weight is 297 g/mol. The van der Waals surface area contributed by atoms with Crippen molar-refractivity contribution in [3.63, 3.8) is 0 Å². The van der Waals surface area contributed by atoms with E-state index >= 15 is 0 Å². The second kappa shape index (κ2) is 7.23. The van der Waals surface area contributed by atoms with Crippen molar-refractivity contribution in [3.05, 3.63) is 22.1 Å². The summed E-state index contributed by atoms with van der Waals surface area (Å²) in [7, 11) is 0. The highest BCUT2D eigenvalue weighted by atomic mass is 32.2. The summed E-state index contributed by atoms with van der Waals surface area (Å²) in [6.45, 7) is 6.92. The topological polar surface area (TPSA) is 91.9 Å². The van der Waals surface area contributed by atoms with Crippen LogP contribution in [0.2, 0.25) is 0 Å². The third-order valence-electron chi connectivity index (χ3n) is 2.61. The van der Waals surface area contributed by atoms with E-state index in [1.165, 1.54) is 13.0 Å². The number of nitrogens with one attached hydrogen (secondary N) is 2. The predicted molar refractivity (Wildman–Crippen MR) is 77.8 cm³/mol. The Hall–Kier alpha value is -1.63. The summed E-state index contributed by atoms with van der Waals surface area (Å²) >= 11 is 1.13. The van der Waals surface area contributed by atoms with E-state index in [9.17, 15) is 14.4 Å². The first-order chi connectivity index (χ1) is 9.29. The molecule has 1 aromatic rings. The molecule has 1 aromatic heterocycles. The van der Waals surface area contributed by atoms with E-state index in [2.05, 4.69) is 15.3 Å². The van der Waals surface area contributed by atoms with Gasteiger partial charge in [0.05, 0.1) is 11.8 Å². The van der Waals surface area contributed by atoms with Gasteiger partial charge in [0.1, 0.15) is 0 Å². The Kier molecular flexibility index (Phi) is 5.94. The van der Waals surface area contributed by atoms with Crippen molar-refractivity contribution < 1.29 is 9.59 Å². The molecule has 0 spiro atoms. The SMILES string of the molecule is CC(=O)C(NC(=O)CSc1nc(C)cc(=O)[nH]1)C(C)C. The fourth-order valence-corrected chi connectivity index (χ4v) is 2.44. The molecule has 2 N–H and O–H groups in total. The van der Waals surface area contributed by atoms with Crippen molar-refractivity contribution in [2.45, 2.75) is 38.9 Å². The molecule has 0 radical (unpaired) electrons. The standard InChI is InChI=1S/C13H19N3O3S/c1-7(2)12(9(4)17)15-11(19)6-20-13-14-8(3)5-10(18)16-13/h5,7,12H,6H2,1-4H3,(H,15,19)(H,14,16,18). The largest absolute Gasteiger partial charge is 0.345 e. The van der Waals surface area contributed by atoms with Gasteiger partial charge in [-0.05, 0) is 19.8 Å². The first-order valence-electron chi connectivity index (χ1n) is 6.30. The number of aryl methyl sites for hydroxylation is 1. The quantitative estimate of drug-likeness (QED) is 0.601. The number of hydrogen-bond donors (Lipinski definition) is 2. The summed E-state index contributed by atoms with van der Waals surface area (Å²) in [4.78, 5) is 41.1. The maximum atomic E-state index is 11.8. The van der Waals surface area contributed by atoms with Crippen LogP contribution in [0.5, 0.6) is 0 Å². The van der Waals surface area contributed by atoms with Crippen LogP contribution in [-0.2, 0) is 9.59 Å². The molecule has 0 saturated heterocycles. The second-order valence-electron chi connectivity index (χ2n) is 4.88. The Balaban J connectivity index is 2.59. The second-order valence-corrected chi connectivity index (χ2v) is 5.84. The number of nitrogens with zero attached hydrogens (tertiary/aromatic N) is 1. The van der Waals surface area contributed by atoms with Crippen molar-refractivity contribution in [3.8, 4) is 0 Å². The predicted octanol–water partition coefficient (Wildman–Crippen LogP) is 0.900. The minimum atomic E-state index is -0.479. The minimum Gasteiger partial charge on any atom is -0.345 e. The molecule has 0 aliphatic rings. The number of aromatic amines is 1. The fraction of sp³-hybridized carbons (Fsp3) is 0.538. The fourth-order valence-electron chi connectivity index (χ4n) is 1.71. The zero-order valence-electron chi connectivity index (χ0n) is 12.0. The van der Waals surface area contributed by atoms with E-state index in [-0.39, 0.29) is 28.9 Å². The van der Waals surface area contributed by atoms with Gasteiger partial charge < -0.3 is 10.3 Å². The molecular formula is C13H19N3O3S. The van der Waals surface area contributed by atoms with E-state index in [1.807, 2.05) is 13.8 Å². The summed E-state index contributed by atoms with van der Waals surface area (Å²) in [6, 6.07) is 0.905. The van der Waals surface area contributed by atoms with Crippen LogP contribution in [0.4, 0.5) is 0 Å². The maximum absolute atomic E-state index is 11.8. The van der Waals surface area contributed by atoms with Crippen molar-refractivity contribution in [1.29, 1.82) is 0 Å². The molecule has 6 nitrogen and oxygen atoms in total. The lowest BCUT2D eigenvalue weighted by atomic mass is 10.0. The number of aromatic nitrogens is 2. The number of amides is 1. The highest BCUT2D eigenvalue weighted by Gasteiger charge is 2.20. The Morgan fingerprint density at radius 3 is 2.60 bits per heavy atom. The molecular weight excluding hydrogens is 278 g/mol. The van der Waals surface area contributed by atoms with Crippen LogP contribution < -0.4 is 10.9 Å². The third kappa shape index (κ3) is 5.16. The van der Waals surface area contributed by atoms with Crippen LogP contribution in [0.3, 0.4) is 0 Å². The molecule has 1 amide bonds. The van der Waals surface area contributed by atoms with Crippen LogP contribution in [0.15, 0.2) is 16.0 Å². The lowest BCUT2D eigenvalue weighted by molar-refractivity contribution is -0.126. The summed E-state index contributed by atoms with van der Waals surface area (Å²) in [5.74, 6) is -0.185. The highest BCUT2D eigenvalue weighted by Crippen LogP contribution is 2.11. The Labute approximate surface area is 121 Å². The molecule has 110 valence electrons. The monoisotopic (exact) mass is 297 g/mol. The normalized spacial score (nSPS) is 12.2. The van der Waals surface area contributed by atoms with Crippen LogP contribution in [-0.4, -0.2) is 33.5 Å². The van der Waals surface area contributed by atoms with E-state index in [0.717, 1.165) is 11.8 Å². The number of carbonyl (C=O) groups excluding carboxylic acids is 2. The number of thioether (sulfide) groups is 1. The Morgan fingerprint density at radius 1 is 1.45 bits per heavy atom. The molecule has 0 aromatic carbocycles. The van der Waals surface area contributed by atoms with Gasteiger partial charge in [0.2, 0.25) is 5.91 Å². The van der Waals surface area contributed by atoms with Crippen molar-refractivity contribution in [2.24, 2.45) is 5.92 Å². The molecule has 1 unspecified atom stereocenters. The van der Waals surface area contributed by atoms with Gasteiger partial charge in [-0.3, -0.25) is 14.4 Å². The number of hydrogen-bond acceptors (Lipinski definition) is 5. The van der Waals surface area contributed by atoms with Crippen molar-refractivity contribution in [1.82, 2.24) is 15.3 Å². The smallest absolute Gasteiger partial charge is 0.251 e. The number of rotatable bonds is 6. The number of H-pyrrole nitrogens is 1. The molecule has 0 aliphatic heterocycles. The molecule has 1 atom stereocenters. The van der Waals surface area contributed by atoms with Gasteiger partial charge in [-0.2, -0.15) is 0 Å². The molecule has 20 heavy (non-hydrogen) atoms. The number of ketones is 1.